The van der Waals surface area contributed by atoms with Crippen LogP contribution in [0.5, 0.6) is 0 Å². The van der Waals surface area contributed by atoms with Gasteiger partial charge in [0, 0.05) is 19.0 Å². The average molecular weight is 436 g/mol. The number of amides is 1. The molecule has 1 aromatic heterocycles. The maximum Gasteiger partial charge on any atom is 0.254 e. The van der Waals surface area contributed by atoms with Gasteiger partial charge in [0.05, 0.1) is 23.9 Å². The first-order valence-corrected chi connectivity index (χ1v) is 10.6. The normalized spacial score (nSPS) is 18.3. The fourth-order valence-corrected chi connectivity index (χ4v) is 3.95. The third kappa shape index (κ3) is 4.45. The number of hydrogen-bond acceptors (Lipinski definition) is 5. The molecule has 3 aromatic rings. The summed E-state index contributed by atoms with van der Waals surface area (Å²) in [5, 5.41) is 10.0. The van der Waals surface area contributed by atoms with E-state index in [1.807, 2.05) is 43.5 Å². The highest BCUT2D eigenvalue weighted by Crippen LogP contribution is 2.24. The Hall–Kier alpha value is -3.39. The van der Waals surface area contributed by atoms with Crippen LogP contribution in [0.25, 0.3) is 5.69 Å². The molecule has 1 aliphatic heterocycles. The number of carbonyl (C=O) groups excluding carboxylic acids is 1. The van der Waals surface area contributed by atoms with Crippen LogP contribution >= 0.6 is 0 Å². The second-order valence-electron chi connectivity index (χ2n) is 8.06. The van der Waals surface area contributed by atoms with Crippen LogP contribution in [0.4, 0.5) is 4.39 Å². The molecule has 1 saturated heterocycles. The molecule has 4 rings (SSSR count). The molecule has 1 aliphatic rings. The summed E-state index contributed by atoms with van der Waals surface area (Å²) in [5.74, 6) is -1.12. The average Bonchev–Trinajstić information content (AvgIpc) is 3.35. The number of hydrogen-bond donors (Lipinski definition) is 1. The van der Waals surface area contributed by atoms with Crippen molar-refractivity contribution < 1.29 is 13.9 Å². The molecule has 2 aromatic carbocycles. The van der Waals surface area contributed by atoms with E-state index in [2.05, 4.69) is 15.6 Å². The number of carbonyl (C=O) groups is 1. The second-order valence-corrected chi connectivity index (χ2v) is 8.06. The number of nitrogens with one attached hydrogen (secondary N) is 1. The minimum atomic E-state index is -0.574. The second kappa shape index (κ2) is 9.40. The van der Waals surface area contributed by atoms with Crippen molar-refractivity contribution in [1.29, 1.82) is 0 Å². The first-order chi connectivity index (χ1) is 15.5. The lowest BCUT2D eigenvalue weighted by molar-refractivity contribution is 0.0534. The van der Waals surface area contributed by atoms with Crippen molar-refractivity contribution in [2.24, 2.45) is 5.18 Å². The molecular weight excluding hydrogens is 411 g/mol. The molecule has 0 aliphatic carbocycles. The van der Waals surface area contributed by atoms with Gasteiger partial charge in [0.25, 0.3) is 5.91 Å². The molecule has 0 spiro atoms. The van der Waals surface area contributed by atoms with E-state index in [0.717, 1.165) is 22.4 Å². The van der Waals surface area contributed by atoms with Crippen LogP contribution in [0.2, 0.25) is 0 Å². The summed E-state index contributed by atoms with van der Waals surface area (Å²) in [6.45, 7) is 4.13. The number of halogens is 1. The third-order valence-corrected chi connectivity index (χ3v) is 6.04. The summed E-state index contributed by atoms with van der Waals surface area (Å²) in [6, 6.07) is 10.3. The standard InChI is InChI=1S/C24H25FN4O3/c1-15-16(2)23(25)20(24(30)27-22-14-32-11-8-21(22)28-31)13-18(15)12-17-4-6-19(7-5-17)29-10-3-9-26-29/h3-7,9-10,13,21-22H,8,11-12,14H2,1-2H3,(H,27,30)/t21-,22-/m0/s1. The molecule has 166 valence electrons. The van der Waals surface area contributed by atoms with Gasteiger partial charge >= 0.3 is 0 Å². The van der Waals surface area contributed by atoms with Crippen molar-refractivity contribution in [2.75, 3.05) is 13.2 Å². The molecule has 7 nitrogen and oxygen atoms in total. The van der Waals surface area contributed by atoms with E-state index in [4.69, 9.17) is 4.74 Å². The highest BCUT2D eigenvalue weighted by molar-refractivity contribution is 5.95. The van der Waals surface area contributed by atoms with E-state index in [1.54, 1.807) is 23.9 Å². The summed E-state index contributed by atoms with van der Waals surface area (Å²) in [5.41, 5.74) is 4.05. The first kappa shape index (κ1) is 21.8. The summed E-state index contributed by atoms with van der Waals surface area (Å²) in [6.07, 6.45) is 4.58. The Kier molecular flexibility index (Phi) is 6.41. The van der Waals surface area contributed by atoms with Crippen LogP contribution in [-0.2, 0) is 11.2 Å². The molecule has 1 fully saturated rings. The highest BCUT2D eigenvalue weighted by atomic mass is 19.1. The van der Waals surface area contributed by atoms with Crippen LogP contribution in [0, 0.1) is 24.6 Å². The molecule has 2 heterocycles. The van der Waals surface area contributed by atoms with E-state index in [9.17, 15) is 14.1 Å². The van der Waals surface area contributed by atoms with Crippen molar-refractivity contribution in [1.82, 2.24) is 15.1 Å². The molecule has 0 radical (unpaired) electrons. The van der Waals surface area contributed by atoms with Crippen LogP contribution in [0.3, 0.4) is 0 Å². The summed E-state index contributed by atoms with van der Waals surface area (Å²) in [4.78, 5) is 24.0. The van der Waals surface area contributed by atoms with Gasteiger partial charge in [-0.2, -0.15) is 10.0 Å². The Balaban J connectivity index is 1.57. The minimum absolute atomic E-state index is 0.0357. The first-order valence-electron chi connectivity index (χ1n) is 10.6. The van der Waals surface area contributed by atoms with Gasteiger partial charge in [0.15, 0.2) is 0 Å². The van der Waals surface area contributed by atoms with Gasteiger partial charge in [-0.1, -0.05) is 17.3 Å². The van der Waals surface area contributed by atoms with Gasteiger partial charge in [0.1, 0.15) is 11.9 Å². The highest BCUT2D eigenvalue weighted by Gasteiger charge is 2.29. The van der Waals surface area contributed by atoms with Gasteiger partial charge < -0.3 is 10.1 Å². The lowest BCUT2D eigenvalue weighted by atomic mass is 9.93. The van der Waals surface area contributed by atoms with Crippen molar-refractivity contribution >= 4 is 5.91 Å². The van der Waals surface area contributed by atoms with Gasteiger partial charge in [0.2, 0.25) is 0 Å². The molecule has 2 atom stereocenters. The predicted octanol–water partition coefficient (Wildman–Crippen LogP) is 3.87. The Morgan fingerprint density at radius 3 is 2.75 bits per heavy atom. The Morgan fingerprint density at radius 1 is 1.28 bits per heavy atom. The molecule has 0 unspecified atom stereocenters. The van der Waals surface area contributed by atoms with Crippen molar-refractivity contribution in [3.8, 4) is 5.69 Å². The quantitative estimate of drug-likeness (QED) is 0.595. The molecule has 32 heavy (non-hydrogen) atoms. The zero-order valence-electron chi connectivity index (χ0n) is 18.0. The number of ether oxygens (including phenoxy) is 1. The minimum Gasteiger partial charge on any atom is -0.379 e. The van der Waals surface area contributed by atoms with Gasteiger partial charge in [-0.05, 0) is 73.2 Å². The Labute approximate surface area is 185 Å². The lowest BCUT2D eigenvalue weighted by Gasteiger charge is -2.27. The number of nitrogens with zero attached hydrogens (tertiary/aromatic N) is 3. The smallest absolute Gasteiger partial charge is 0.254 e. The van der Waals surface area contributed by atoms with Crippen LogP contribution in [0.15, 0.2) is 54.0 Å². The van der Waals surface area contributed by atoms with E-state index in [0.29, 0.717) is 25.0 Å². The molecule has 0 bridgehead atoms. The van der Waals surface area contributed by atoms with E-state index < -0.39 is 23.8 Å². The number of benzene rings is 2. The monoisotopic (exact) mass is 436 g/mol. The van der Waals surface area contributed by atoms with E-state index >= 15 is 0 Å². The molecule has 8 heteroatoms. The zero-order valence-corrected chi connectivity index (χ0v) is 18.0. The maximum absolute atomic E-state index is 15.0. The largest absolute Gasteiger partial charge is 0.379 e. The summed E-state index contributed by atoms with van der Waals surface area (Å²) < 4.78 is 22.1. The van der Waals surface area contributed by atoms with Crippen molar-refractivity contribution in [2.45, 2.75) is 38.8 Å². The SMILES string of the molecule is Cc1c(Cc2ccc(-n3cccn3)cc2)cc(C(=O)N[C@H]2COCC[C@@H]2N=O)c(F)c1C. The predicted molar refractivity (Wildman–Crippen MR) is 119 cm³/mol. The summed E-state index contributed by atoms with van der Waals surface area (Å²) >= 11 is 0. The summed E-state index contributed by atoms with van der Waals surface area (Å²) in [7, 11) is 0. The zero-order chi connectivity index (χ0) is 22.7. The third-order valence-electron chi connectivity index (χ3n) is 6.04. The fourth-order valence-electron chi connectivity index (χ4n) is 3.95. The topological polar surface area (TPSA) is 85.6 Å². The lowest BCUT2D eigenvalue weighted by Crippen LogP contribution is -2.48. The van der Waals surface area contributed by atoms with Crippen LogP contribution in [0.1, 0.15) is 39.0 Å². The van der Waals surface area contributed by atoms with Gasteiger partial charge in [-0.3, -0.25) is 4.79 Å². The van der Waals surface area contributed by atoms with E-state index in [-0.39, 0.29) is 12.2 Å². The number of rotatable bonds is 6. The maximum atomic E-state index is 15.0. The number of nitroso groups, excluding NO2 is 1. The molecule has 0 saturated carbocycles. The molecule has 1 amide bonds. The van der Waals surface area contributed by atoms with Crippen LogP contribution < -0.4 is 5.32 Å². The van der Waals surface area contributed by atoms with Crippen LogP contribution in [-0.4, -0.2) is 41.0 Å². The molecular formula is C24H25FN4O3. The van der Waals surface area contributed by atoms with E-state index in [1.165, 1.54) is 0 Å². The number of aromatic nitrogens is 2. The van der Waals surface area contributed by atoms with Crippen molar-refractivity contribution in [3.05, 3.63) is 87.3 Å². The fraction of sp³-hybridized carbons (Fsp3) is 0.333. The van der Waals surface area contributed by atoms with Gasteiger partial charge in [-0.25, -0.2) is 9.07 Å². The van der Waals surface area contributed by atoms with Gasteiger partial charge in [-0.15, -0.1) is 0 Å². The molecule has 1 N–H and O–H groups in total. The Bertz CT molecular complexity index is 1110. The van der Waals surface area contributed by atoms with Crippen molar-refractivity contribution in [3.63, 3.8) is 0 Å². The Morgan fingerprint density at radius 2 is 2.06 bits per heavy atom.